The second-order valence-electron chi connectivity index (χ2n) is 5.36. The average molecular weight is 323 g/mol. The van der Waals surface area contributed by atoms with Crippen molar-refractivity contribution in [2.75, 3.05) is 16.8 Å². The molecule has 1 amide bonds. The van der Waals surface area contributed by atoms with Crippen molar-refractivity contribution >= 4 is 34.8 Å². The fraction of sp³-hybridized carbons (Fsp3) is 0.467. The van der Waals surface area contributed by atoms with Crippen molar-refractivity contribution < 1.29 is 4.79 Å². The molecule has 2 rings (SSSR count). The molecule has 21 heavy (non-hydrogen) atoms. The summed E-state index contributed by atoms with van der Waals surface area (Å²) >= 11 is 3.37. The molecule has 4 nitrogen and oxygen atoms in total. The number of nitrogens with zero attached hydrogens (tertiary/aromatic N) is 1. The van der Waals surface area contributed by atoms with E-state index in [0.717, 1.165) is 22.7 Å². The van der Waals surface area contributed by atoms with Crippen LogP contribution in [0.25, 0.3) is 10.6 Å². The van der Waals surface area contributed by atoms with Crippen molar-refractivity contribution in [1.82, 2.24) is 10.2 Å². The molecule has 2 N–H and O–H groups in total. The second-order valence-corrected chi connectivity index (χ2v) is 7.75. The number of hydrogen-bond donors (Lipinski definition) is 2. The fourth-order valence-corrected chi connectivity index (χ4v) is 3.63. The van der Waals surface area contributed by atoms with Gasteiger partial charge in [0, 0.05) is 10.9 Å². The van der Waals surface area contributed by atoms with Gasteiger partial charge in [-0.2, -0.15) is 16.9 Å². The molecule has 0 aliphatic rings. The standard InChI is InChI=1S/C15H21N3OS2/c1-10(2)6-7-20-9-15(19)16-14-8-12(17-18-14)13-5-4-11(3)21-13/h4-5,8,10H,6-7,9H2,1-3H3,(H2,16,17,18,19). The zero-order valence-corrected chi connectivity index (χ0v) is 14.2. The van der Waals surface area contributed by atoms with Crippen LogP contribution < -0.4 is 5.32 Å². The summed E-state index contributed by atoms with van der Waals surface area (Å²) in [4.78, 5) is 14.2. The number of carbonyl (C=O) groups excluding carboxylic acids is 1. The Bertz CT molecular complexity index is 589. The molecule has 0 atom stereocenters. The number of carbonyl (C=O) groups is 1. The topological polar surface area (TPSA) is 57.8 Å². The monoisotopic (exact) mass is 323 g/mol. The van der Waals surface area contributed by atoms with Gasteiger partial charge in [-0.1, -0.05) is 13.8 Å². The molecule has 2 aromatic rings. The molecule has 0 aromatic carbocycles. The van der Waals surface area contributed by atoms with Gasteiger partial charge in [0.25, 0.3) is 0 Å². The van der Waals surface area contributed by atoms with Crippen LogP contribution in [0.4, 0.5) is 5.82 Å². The van der Waals surface area contributed by atoms with Crippen LogP contribution in [0.2, 0.25) is 0 Å². The maximum atomic E-state index is 11.8. The molecule has 0 aliphatic carbocycles. The van der Waals surface area contributed by atoms with E-state index >= 15 is 0 Å². The molecular weight excluding hydrogens is 302 g/mol. The van der Waals surface area contributed by atoms with Crippen LogP contribution in [0.1, 0.15) is 25.1 Å². The van der Waals surface area contributed by atoms with E-state index in [9.17, 15) is 4.79 Å². The lowest BCUT2D eigenvalue weighted by molar-refractivity contribution is -0.113. The number of amides is 1. The van der Waals surface area contributed by atoms with E-state index in [1.165, 1.54) is 4.88 Å². The smallest absolute Gasteiger partial charge is 0.235 e. The highest BCUT2D eigenvalue weighted by Gasteiger charge is 2.08. The summed E-state index contributed by atoms with van der Waals surface area (Å²) in [6, 6.07) is 6.01. The maximum Gasteiger partial charge on any atom is 0.235 e. The summed E-state index contributed by atoms with van der Waals surface area (Å²) in [6.45, 7) is 6.46. The van der Waals surface area contributed by atoms with Crippen molar-refractivity contribution in [3.8, 4) is 10.6 Å². The van der Waals surface area contributed by atoms with E-state index < -0.39 is 0 Å². The van der Waals surface area contributed by atoms with Gasteiger partial charge in [0.15, 0.2) is 5.82 Å². The average Bonchev–Trinajstić information content (AvgIpc) is 3.03. The van der Waals surface area contributed by atoms with Gasteiger partial charge in [-0.05, 0) is 37.1 Å². The maximum absolute atomic E-state index is 11.8. The lowest BCUT2D eigenvalue weighted by atomic mass is 10.2. The molecular formula is C15H21N3OS2. The highest BCUT2D eigenvalue weighted by Crippen LogP contribution is 2.27. The number of aromatic nitrogens is 2. The normalized spacial score (nSPS) is 11.0. The van der Waals surface area contributed by atoms with Gasteiger partial charge in [0.2, 0.25) is 5.91 Å². The number of thiophene rings is 1. The minimum absolute atomic E-state index is 0.00386. The van der Waals surface area contributed by atoms with Crippen LogP contribution in [-0.2, 0) is 4.79 Å². The Morgan fingerprint density at radius 3 is 2.95 bits per heavy atom. The third-order valence-corrected chi connectivity index (χ3v) is 4.95. The van der Waals surface area contributed by atoms with Crippen molar-refractivity contribution in [1.29, 1.82) is 0 Å². The molecule has 6 heteroatoms. The van der Waals surface area contributed by atoms with Gasteiger partial charge in [-0.15, -0.1) is 11.3 Å². The Balaban J connectivity index is 1.81. The van der Waals surface area contributed by atoms with Gasteiger partial charge < -0.3 is 5.32 Å². The molecule has 0 unspecified atom stereocenters. The van der Waals surface area contributed by atoms with E-state index in [1.54, 1.807) is 23.1 Å². The Morgan fingerprint density at radius 2 is 2.29 bits per heavy atom. The number of H-pyrrole nitrogens is 1. The zero-order chi connectivity index (χ0) is 15.2. The summed E-state index contributed by atoms with van der Waals surface area (Å²) < 4.78 is 0. The molecule has 0 aliphatic heterocycles. The van der Waals surface area contributed by atoms with Gasteiger partial charge in [0.1, 0.15) is 0 Å². The summed E-state index contributed by atoms with van der Waals surface area (Å²) in [5.74, 6) is 2.77. The minimum Gasteiger partial charge on any atom is -0.308 e. The van der Waals surface area contributed by atoms with Crippen molar-refractivity contribution in [2.24, 2.45) is 5.92 Å². The van der Waals surface area contributed by atoms with Gasteiger partial charge in [0.05, 0.1) is 16.3 Å². The lowest BCUT2D eigenvalue weighted by Gasteiger charge is -2.04. The number of anilines is 1. The highest BCUT2D eigenvalue weighted by atomic mass is 32.2. The minimum atomic E-state index is 0.00386. The van der Waals surface area contributed by atoms with Crippen LogP contribution in [0.15, 0.2) is 18.2 Å². The number of nitrogens with one attached hydrogen (secondary N) is 2. The number of aryl methyl sites for hydroxylation is 1. The summed E-state index contributed by atoms with van der Waals surface area (Å²) in [6.07, 6.45) is 1.14. The van der Waals surface area contributed by atoms with Crippen molar-refractivity contribution in [3.05, 3.63) is 23.1 Å². The Kier molecular flexibility index (Phi) is 5.87. The molecule has 0 bridgehead atoms. The Hall–Kier alpha value is -1.27. The first kappa shape index (κ1) is 16.1. The fourth-order valence-electron chi connectivity index (χ4n) is 1.75. The SMILES string of the molecule is Cc1ccc(-c2cc(NC(=O)CSCCC(C)C)n[nH]2)s1. The first-order valence-corrected chi connectivity index (χ1v) is 9.01. The summed E-state index contributed by atoms with van der Waals surface area (Å²) in [5.41, 5.74) is 0.941. The Morgan fingerprint density at radius 1 is 1.48 bits per heavy atom. The van der Waals surface area contributed by atoms with Crippen LogP contribution in [0.5, 0.6) is 0 Å². The van der Waals surface area contributed by atoms with Crippen LogP contribution >= 0.6 is 23.1 Å². The molecule has 0 saturated carbocycles. The van der Waals surface area contributed by atoms with E-state index in [-0.39, 0.29) is 5.91 Å². The second kappa shape index (κ2) is 7.66. The third kappa shape index (κ3) is 5.21. The molecule has 0 saturated heterocycles. The predicted octanol–water partition coefficient (Wildman–Crippen LogP) is 4.16. The zero-order valence-electron chi connectivity index (χ0n) is 12.6. The van der Waals surface area contributed by atoms with Crippen molar-refractivity contribution in [3.63, 3.8) is 0 Å². The molecule has 2 aromatic heterocycles. The van der Waals surface area contributed by atoms with E-state index in [1.807, 2.05) is 6.07 Å². The van der Waals surface area contributed by atoms with Crippen LogP contribution in [-0.4, -0.2) is 27.6 Å². The van der Waals surface area contributed by atoms with E-state index in [4.69, 9.17) is 0 Å². The van der Waals surface area contributed by atoms with Crippen LogP contribution in [0, 0.1) is 12.8 Å². The molecule has 0 radical (unpaired) electrons. The van der Waals surface area contributed by atoms with Gasteiger partial charge in [-0.25, -0.2) is 0 Å². The van der Waals surface area contributed by atoms with Gasteiger partial charge in [-0.3, -0.25) is 9.89 Å². The first-order chi connectivity index (χ1) is 10.0. The number of aromatic amines is 1. The predicted molar refractivity (Wildman–Crippen MR) is 92.0 cm³/mol. The lowest BCUT2D eigenvalue weighted by Crippen LogP contribution is -2.14. The van der Waals surface area contributed by atoms with Crippen LogP contribution in [0.3, 0.4) is 0 Å². The van der Waals surface area contributed by atoms with Gasteiger partial charge >= 0.3 is 0 Å². The highest BCUT2D eigenvalue weighted by molar-refractivity contribution is 7.99. The molecule has 0 spiro atoms. The number of hydrogen-bond acceptors (Lipinski definition) is 4. The summed E-state index contributed by atoms with van der Waals surface area (Å²) in [7, 11) is 0. The quantitative estimate of drug-likeness (QED) is 0.752. The number of rotatable bonds is 7. The van der Waals surface area contributed by atoms with E-state index in [2.05, 4.69) is 48.4 Å². The van der Waals surface area contributed by atoms with Crippen molar-refractivity contribution in [2.45, 2.75) is 27.2 Å². The van der Waals surface area contributed by atoms with E-state index in [0.29, 0.717) is 17.5 Å². The summed E-state index contributed by atoms with van der Waals surface area (Å²) in [5, 5.41) is 9.93. The Labute approximate surface area is 133 Å². The molecule has 114 valence electrons. The molecule has 2 heterocycles. The molecule has 0 fully saturated rings. The third-order valence-electron chi connectivity index (χ3n) is 2.92. The number of thioether (sulfide) groups is 1. The largest absolute Gasteiger partial charge is 0.308 e. The first-order valence-electron chi connectivity index (χ1n) is 7.04.